The van der Waals surface area contributed by atoms with Gasteiger partial charge in [-0.3, -0.25) is 0 Å². The highest BCUT2D eigenvalue weighted by Crippen LogP contribution is 2.04. The third kappa shape index (κ3) is 9.87. The summed E-state index contributed by atoms with van der Waals surface area (Å²) in [6.45, 7) is 4.51. The van der Waals surface area contributed by atoms with Crippen LogP contribution in [-0.4, -0.2) is 38.8 Å². The molecule has 0 spiro atoms. The third-order valence-corrected chi connectivity index (χ3v) is 2.30. The first kappa shape index (κ1) is 15.3. The normalized spacial score (nSPS) is 12.9. The van der Waals surface area contributed by atoms with Crippen molar-refractivity contribution in [1.29, 1.82) is 0 Å². The minimum absolute atomic E-state index is 0.0734. The summed E-state index contributed by atoms with van der Waals surface area (Å²) in [4.78, 5) is 2.16. The first-order valence-corrected chi connectivity index (χ1v) is 5.89. The first-order valence-electron chi connectivity index (χ1n) is 5.89. The Morgan fingerprint density at radius 1 is 1.38 bits per heavy atom. The van der Waals surface area contributed by atoms with Crippen LogP contribution >= 0.6 is 0 Å². The van der Waals surface area contributed by atoms with E-state index in [2.05, 4.69) is 11.8 Å². The second kappa shape index (κ2) is 10.8. The van der Waals surface area contributed by atoms with Gasteiger partial charge in [-0.25, -0.2) is 4.39 Å². The number of halogens is 1. The summed E-state index contributed by atoms with van der Waals surface area (Å²) >= 11 is 0. The maximum atomic E-state index is 13.3. The molecular formula is C13H24FNO. The van der Waals surface area contributed by atoms with Gasteiger partial charge < -0.3 is 9.64 Å². The van der Waals surface area contributed by atoms with Gasteiger partial charge in [0.05, 0.1) is 6.61 Å². The molecule has 0 aliphatic carbocycles. The van der Waals surface area contributed by atoms with E-state index >= 15 is 0 Å². The first-order chi connectivity index (χ1) is 7.70. The fraction of sp³-hybridized carbons (Fsp3) is 0.692. The highest BCUT2D eigenvalue weighted by Gasteiger charge is 1.99. The van der Waals surface area contributed by atoms with Crippen molar-refractivity contribution in [2.24, 2.45) is 0 Å². The van der Waals surface area contributed by atoms with Crippen LogP contribution < -0.4 is 0 Å². The van der Waals surface area contributed by atoms with Gasteiger partial charge in [0.1, 0.15) is 5.83 Å². The molecule has 0 atom stereocenters. The highest BCUT2D eigenvalue weighted by molar-refractivity contribution is 5.07. The molecule has 16 heavy (non-hydrogen) atoms. The molecule has 0 saturated heterocycles. The number of hydrogen-bond acceptors (Lipinski definition) is 2. The highest BCUT2D eigenvalue weighted by atomic mass is 19.1. The summed E-state index contributed by atoms with van der Waals surface area (Å²) in [5.74, 6) is -0.0734. The fourth-order valence-electron chi connectivity index (χ4n) is 1.25. The Balaban J connectivity index is 3.66. The average molecular weight is 229 g/mol. The van der Waals surface area contributed by atoms with Crippen molar-refractivity contribution >= 4 is 0 Å². The van der Waals surface area contributed by atoms with Crippen LogP contribution in [0.2, 0.25) is 0 Å². The fourth-order valence-corrected chi connectivity index (χ4v) is 1.25. The Kier molecular flexibility index (Phi) is 10.4. The number of rotatable bonds is 9. The number of unbranched alkanes of at least 4 members (excludes halogenated alkanes) is 1. The smallest absolute Gasteiger partial charge is 0.101 e. The Labute approximate surface area is 98.8 Å². The maximum absolute atomic E-state index is 13.3. The van der Waals surface area contributed by atoms with Crippen molar-refractivity contribution in [3.05, 3.63) is 24.1 Å². The summed E-state index contributed by atoms with van der Waals surface area (Å²) in [7, 11) is 3.65. The minimum atomic E-state index is -0.0734. The second-order valence-electron chi connectivity index (χ2n) is 3.90. The van der Waals surface area contributed by atoms with Gasteiger partial charge in [-0.1, -0.05) is 25.5 Å². The van der Waals surface area contributed by atoms with Crippen molar-refractivity contribution in [3.63, 3.8) is 0 Å². The molecule has 0 rings (SSSR count). The minimum Gasteiger partial charge on any atom is -0.381 e. The number of ether oxygens (including phenoxy) is 1. The molecule has 0 unspecified atom stereocenters. The summed E-state index contributed by atoms with van der Waals surface area (Å²) in [6, 6.07) is 0. The monoisotopic (exact) mass is 229 g/mol. The van der Waals surface area contributed by atoms with Gasteiger partial charge >= 0.3 is 0 Å². The topological polar surface area (TPSA) is 12.5 Å². The van der Waals surface area contributed by atoms with Crippen LogP contribution in [-0.2, 0) is 4.74 Å². The molecule has 0 aromatic heterocycles. The lowest BCUT2D eigenvalue weighted by molar-refractivity contribution is 0.234. The zero-order chi connectivity index (χ0) is 12.2. The number of nitrogens with zero attached hydrogens (tertiary/aromatic N) is 1. The van der Waals surface area contributed by atoms with Crippen molar-refractivity contribution in [2.75, 3.05) is 33.9 Å². The van der Waals surface area contributed by atoms with Crippen molar-refractivity contribution in [1.82, 2.24) is 4.90 Å². The predicted octanol–water partition coefficient (Wildman–Crippen LogP) is 3.16. The van der Waals surface area contributed by atoms with E-state index in [4.69, 9.17) is 4.74 Å². The Morgan fingerprint density at radius 3 is 2.75 bits per heavy atom. The molecule has 0 amide bonds. The van der Waals surface area contributed by atoms with E-state index in [1.807, 2.05) is 7.05 Å². The van der Waals surface area contributed by atoms with Crippen LogP contribution in [0.3, 0.4) is 0 Å². The van der Waals surface area contributed by atoms with E-state index in [-0.39, 0.29) is 5.83 Å². The maximum Gasteiger partial charge on any atom is 0.101 e. The van der Waals surface area contributed by atoms with E-state index in [1.54, 1.807) is 19.3 Å². The number of methoxy groups -OCH3 is 1. The molecule has 0 aromatic carbocycles. The van der Waals surface area contributed by atoms with Gasteiger partial charge in [-0.2, -0.15) is 0 Å². The molecule has 0 fully saturated rings. The van der Waals surface area contributed by atoms with Crippen LogP contribution in [0.1, 0.15) is 26.2 Å². The largest absolute Gasteiger partial charge is 0.381 e. The van der Waals surface area contributed by atoms with Crippen molar-refractivity contribution in [2.45, 2.75) is 26.2 Å². The van der Waals surface area contributed by atoms with E-state index in [0.29, 0.717) is 13.0 Å². The van der Waals surface area contributed by atoms with Crippen LogP contribution in [0.5, 0.6) is 0 Å². The summed E-state index contributed by atoms with van der Waals surface area (Å²) in [6.07, 6.45) is 7.84. The molecule has 0 bridgehead atoms. The number of hydrogen-bond donors (Lipinski definition) is 0. The lowest BCUT2D eigenvalue weighted by Gasteiger charge is -2.14. The second-order valence-corrected chi connectivity index (χ2v) is 3.90. The van der Waals surface area contributed by atoms with Crippen LogP contribution in [0.4, 0.5) is 4.39 Å². The quantitative estimate of drug-likeness (QED) is 0.563. The van der Waals surface area contributed by atoms with Crippen LogP contribution in [0.25, 0.3) is 0 Å². The lowest BCUT2D eigenvalue weighted by Crippen LogP contribution is -2.20. The standard InChI is InChI=1S/C13H24FNO/c1-4-5-10-15(2)11-9-13(14)8-6-7-12-16-3/h6-8H,4-5,9-12H2,1-3H3/b7-6-,13-8+. The summed E-state index contributed by atoms with van der Waals surface area (Å²) < 4.78 is 18.1. The number of allylic oxidation sites excluding steroid dienone is 2. The molecule has 0 aliphatic rings. The molecule has 94 valence electrons. The Morgan fingerprint density at radius 2 is 2.12 bits per heavy atom. The van der Waals surface area contributed by atoms with Gasteiger partial charge in [-0.15, -0.1) is 0 Å². The molecule has 0 aliphatic heterocycles. The Bertz CT molecular complexity index is 214. The molecule has 0 aromatic rings. The van der Waals surface area contributed by atoms with E-state index in [1.165, 1.54) is 18.9 Å². The summed E-state index contributed by atoms with van der Waals surface area (Å²) in [5, 5.41) is 0. The van der Waals surface area contributed by atoms with Crippen molar-refractivity contribution in [3.8, 4) is 0 Å². The zero-order valence-corrected chi connectivity index (χ0v) is 10.7. The van der Waals surface area contributed by atoms with Gasteiger partial charge in [0.25, 0.3) is 0 Å². The van der Waals surface area contributed by atoms with E-state index in [9.17, 15) is 4.39 Å². The third-order valence-electron chi connectivity index (χ3n) is 2.30. The average Bonchev–Trinajstić information content (AvgIpc) is 2.29. The van der Waals surface area contributed by atoms with Gasteiger partial charge in [0.2, 0.25) is 0 Å². The van der Waals surface area contributed by atoms with E-state index in [0.717, 1.165) is 13.1 Å². The van der Waals surface area contributed by atoms with Crippen LogP contribution in [0, 0.1) is 0 Å². The molecule has 0 radical (unpaired) electrons. The predicted molar refractivity (Wildman–Crippen MR) is 67.2 cm³/mol. The summed E-state index contributed by atoms with van der Waals surface area (Å²) in [5.41, 5.74) is 0. The molecule has 3 heteroatoms. The molecule has 2 nitrogen and oxygen atoms in total. The molecule has 0 N–H and O–H groups in total. The zero-order valence-electron chi connectivity index (χ0n) is 10.7. The van der Waals surface area contributed by atoms with Gasteiger partial charge in [-0.05, 0) is 26.1 Å². The van der Waals surface area contributed by atoms with E-state index < -0.39 is 0 Å². The molecule has 0 heterocycles. The van der Waals surface area contributed by atoms with Gasteiger partial charge in [0.15, 0.2) is 0 Å². The van der Waals surface area contributed by atoms with Gasteiger partial charge in [0, 0.05) is 20.1 Å². The Hall–Kier alpha value is -0.670. The molecule has 0 saturated carbocycles. The lowest BCUT2D eigenvalue weighted by atomic mass is 10.3. The molecular weight excluding hydrogens is 205 g/mol. The van der Waals surface area contributed by atoms with Crippen molar-refractivity contribution < 1.29 is 9.13 Å². The van der Waals surface area contributed by atoms with Crippen LogP contribution in [0.15, 0.2) is 24.1 Å². The SMILES string of the molecule is CCCCN(C)CC/C(F)=C\C=C/COC.